The molecular formula is C42H77NO4. The first kappa shape index (κ1) is 45.3. The molecule has 0 saturated heterocycles. The van der Waals surface area contributed by atoms with Crippen LogP contribution in [0.3, 0.4) is 0 Å². The van der Waals surface area contributed by atoms with Crippen LogP contribution in [-0.2, 0) is 4.79 Å². The Morgan fingerprint density at radius 3 is 1.47 bits per heavy atom. The van der Waals surface area contributed by atoms with Gasteiger partial charge in [-0.3, -0.25) is 4.79 Å². The zero-order valence-electron chi connectivity index (χ0n) is 30.9. The monoisotopic (exact) mass is 660 g/mol. The van der Waals surface area contributed by atoms with Crippen molar-refractivity contribution in [2.75, 3.05) is 6.61 Å². The highest BCUT2D eigenvalue weighted by atomic mass is 16.3. The van der Waals surface area contributed by atoms with Crippen molar-refractivity contribution in [1.82, 2.24) is 5.32 Å². The Labute approximate surface area is 291 Å². The maximum atomic E-state index is 12.4. The molecule has 3 unspecified atom stereocenters. The summed E-state index contributed by atoms with van der Waals surface area (Å²) in [5, 5.41) is 33.0. The molecule has 0 aliphatic rings. The average Bonchev–Trinajstić information content (AvgIpc) is 3.06. The number of hydrogen-bond acceptors (Lipinski definition) is 4. The molecule has 274 valence electrons. The molecule has 0 spiro atoms. The van der Waals surface area contributed by atoms with E-state index < -0.39 is 18.2 Å². The van der Waals surface area contributed by atoms with Gasteiger partial charge in [0, 0.05) is 0 Å². The van der Waals surface area contributed by atoms with Gasteiger partial charge in [0.15, 0.2) is 0 Å². The molecule has 1 amide bonds. The summed E-state index contributed by atoms with van der Waals surface area (Å²) in [4.78, 5) is 12.4. The zero-order chi connectivity index (χ0) is 34.5. The summed E-state index contributed by atoms with van der Waals surface area (Å²) in [6, 6.07) is -0.768. The van der Waals surface area contributed by atoms with Gasteiger partial charge in [-0.15, -0.1) is 0 Å². The number of carbonyl (C=O) groups excluding carboxylic acids is 1. The topological polar surface area (TPSA) is 89.8 Å². The predicted octanol–water partition coefficient (Wildman–Crippen LogP) is 11.0. The van der Waals surface area contributed by atoms with E-state index in [1.807, 2.05) is 6.08 Å². The molecule has 0 aromatic carbocycles. The first-order chi connectivity index (χ1) is 23.0. The number of allylic oxidation sites excluding steroid dienone is 7. The summed E-state index contributed by atoms with van der Waals surface area (Å²) in [5.41, 5.74) is 0. The van der Waals surface area contributed by atoms with E-state index in [4.69, 9.17) is 0 Å². The number of hydrogen-bond donors (Lipinski definition) is 4. The summed E-state index contributed by atoms with van der Waals surface area (Å²) in [5.74, 6) is -0.337. The van der Waals surface area contributed by atoms with E-state index in [1.54, 1.807) is 6.08 Å². The minimum Gasteiger partial charge on any atom is -0.394 e. The number of aliphatic hydroxyl groups excluding tert-OH is 3. The Morgan fingerprint density at radius 1 is 0.553 bits per heavy atom. The number of aliphatic hydroxyl groups is 3. The summed E-state index contributed by atoms with van der Waals surface area (Å²) in [7, 11) is 0. The standard InChI is InChI=1S/C42H77NO4/c1-3-5-7-9-11-13-15-16-17-18-19-20-21-22-23-24-25-26-27-29-31-33-35-39(45)37-42(47)43-40(38-44)41(46)36-34-32-30-28-14-12-10-8-6-4-2/h6,8,14,22-23,28,34,36,39-41,44-46H,3-5,7,9-13,15-21,24-27,29-33,35,37-38H2,1-2H3,(H,43,47)/b8-6+,23-22-,28-14+,36-34+. The van der Waals surface area contributed by atoms with E-state index >= 15 is 0 Å². The van der Waals surface area contributed by atoms with Gasteiger partial charge in [-0.25, -0.2) is 0 Å². The lowest BCUT2D eigenvalue weighted by molar-refractivity contribution is -0.124. The molecule has 0 fully saturated rings. The average molecular weight is 660 g/mol. The third kappa shape index (κ3) is 34.0. The largest absolute Gasteiger partial charge is 0.394 e. The van der Waals surface area contributed by atoms with E-state index in [0.717, 1.165) is 44.9 Å². The van der Waals surface area contributed by atoms with Gasteiger partial charge in [-0.2, -0.15) is 0 Å². The van der Waals surface area contributed by atoms with Crippen LogP contribution >= 0.6 is 0 Å². The maximum Gasteiger partial charge on any atom is 0.222 e. The Bertz CT molecular complexity index is 775. The normalized spacial score (nSPS) is 14.2. The lowest BCUT2D eigenvalue weighted by Gasteiger charge is -2.21. The molecule has 47 heavy (non-hydrogen) atoms. The predicted molar refractivity (Wildman–Crippen MR) is 204 cm³/mol. The van der Waals surface area contributed by atoms with E-state index in [9.17, 15) is 20.1 Å². The van der Waals surface area contributed by atoms with E-state index in [0.29, 0.717) is 6.42 Å². The van der Waals surface area contributed by atoms with Gasteiger partial charge in [0.25, 0.3) is 0 Å². The van der Waals surface area contributed by atoms with Crippen molar-refractivity contribution in [2.24, 2.45) is 0 Å². The van der Waals surface area contributed by atoms with Crippen LogP contribution in [0.4, 0.5) is 0 Å². The molecule has 0 aromatic heterocycles. The Balaban J connectivity index is 3.67. The molecule has 5 heteroatoms. The highest BCUT2D eigenvalue weighted by Crippen LogP contribution is 2.14. The van der Waals surface area contributed by atoms with Crippen LogP contribution < -0.4 is 5.32 Å². The van der Waals surface area contributed by atoms with Crippen molar-refractivity contribution in [3.63, 3.8) is 0 Å². The number of unbranched alkanes of at least 4 members (excludes halogenated alkanes) is 20. The molecule has 0 aliphatic carbocycles. The van der Waals surface area contributed by atoms with Crippen molar-refractivity contribution >= 4 is 5.91 Å². The molecule has 0 aromatic rings. The van der Waals surface area contributed by atoms with Crippen LogP contribution in [0.15, 0.2) is 48.6 Å². The second kappa shape index (κ2) is 37.1. The number of rotatable bonds is 35. The van der Waals surface area contributed by atoms with Crippen LogP contribution in [0, 0.1) is 0 Å². The lowest BCUT2D eigenvalue weighted by Crippen LogP contribution is -2.45. The molecule has 0 heterocycles. The van der Waals surface area contributed by atoms with Crippen LogP contribution in [0.1, 0.15) is 187 Å². The molecule has 0 radical (unpaired) electrons. The molecule has 3 atom stereocenters. The fourth-order valence-electron chi connectivity index (χ4n) is 5.78. The first-order valence-corrected chi connectivity index (χ1v) is 19.9. The zero-order valence-corrected chi connectivity index (χ0v) is 30.9. The smallest absolute Gasteiger partial charge is 0.222 e. The third-order valence-electron chi connectivity index (χ3n) is 8.83. The molecule has 0 saturated carbocycles. The van der Waals surface area contributed by atoms with Gasteiger partial charge in [0.2, 0.25) is 5.91 Å². The van der Waals surface area contributed by atoms with E-state index in [2.05, 4.69) is 55.6 Å². The summed E-state index contributed by atoms with van der Waals surface area (Å²) >= 11 is 0. The Kier molecular flexibility index (Phi) is 35.8. The van der Waals surface area contributed by atoms with Gasteiger partial charge in [0.1, 0.15) is 0 Å². The number of carbonyl (C=O) groups is 1. The van der Waals surface area contributed by atoms with Gasteiger partial charge >= 0.3 is 0 Å². The molecule has 5 nitrogen and oxygen atoms in total. The quantitative estimate of drug-likeness (QED) is 0.0402. The lowest BCUT2D eigenvalue weighted by atomic mass is 10.0. The fourth-order valence-corrected chi connectivity index (χ4v) is 5.78. The van der Waals surface area contributed by atoms with Crippen LogP contribution in [0.25, 0.3) is 0 Å². The van der Waals surface area contributed by atoms with Gasteiger partial charge in [0.05, 0.1) is 31.3 Å². The highest BCUT2D eigenvalue weighted by Gasteiger charge is 2.20. The molecular weight excluding hydrogens is 582 g/mol. The second-order valence-corrected chi connectivity index (χ2v) is 13.5. The molecule has 0 aliphatic heterocycles. The van der Waals surface area contributed by atoms with Crippen molar-refractivity contribution in [1.29, 1.82) is 0 Å². The van der Waals surface area contributed by atoms with Crippen molar-refractivity contribution in [3.8, 4) is 0 Å². The SMILES string of the molecule is CC/C=C/CC/C=C/CC/C=C/C(O)C(CO)NC(=O)CC(O)CCCCCCCC/C=C\CCCCCCCCCCCCCC. The minimum absolute atomic E-state index is 0.00321. The second-order valence-electron chi connectivity index (χ2n) is 13.5. The molecule has 0 bridgehead atoms. The summed E-state index contributed by atoms with van der Waals surface area (Å²) in [6.07, 6.45) is 46.9. The first-order valence-electron chi connectivity index (χ1n) is 19.9. The van der Waals surface area contributed by atoms with Crippen LogP contribution in [0.2, 0.25) is 0 Å². The minimum atomic E-state index is -0.959. The summed E-state index contributed by atoms with van der Waals surface area (Å²) < 4.78 is 0. The number of amides is 1. The van der Waals surface area contributed by atoms with Gasteiger partial charge in [-0.1, -0.05) is 165 Å². The van der Waals surface area contributed by atoms with Crippen molar-refractivity contribution < 1.29 is 20.1 Å². The highest BCUT2D eigenvalue weighted by molar-refractivity contribution is 5.76. The van der Waals surface area contributed by atoms with Crippen molar-refractivity contribution in [2.45, 2.75) is 205 Å². The molecule has 0 rings (SSSR count). The van der Waals surface area contributed by atoms with Crippen molar-refractivity contribution in [3.05, 3.63) is 48.6 Å². The van der Waals surface area contributed by atoms with E-state index in [1.165, 1.54) is 116 Å². The van der Waals surface area contributed by atoms with Crippen LogP contribution in [-0.4, -0.2) is 46.1 Å². The van der Waals surface area contributed by atoms with E-state index in [-0.39, 0.29) is 18.9 Å². The summed E-state index contributed by atoms with van der Waals surface area (Å²) in [6.45, 7) is 4.06. The Morgan fingerprint density at radius 2 is 0.979 bits per heavy atom. The number of nitrogens with one attached hydrogen (secondary N) is 1. The maximum absolute atomic E-state index is 12.4. The fraction of sp³-hybridized carbons (Fsp3) is 0.786. The van der Waals surface area contributed by atoms with Crippen LogP contribution in [0.5, 0.6) is 0 Å². The van der Waals surface area contributed by atoms with Gasteiger partial charge in [-0.05, 0) is 64.2 Å². The molecule has 4 N–H and O–H groups in total. The van der Waals surface area contributed by atoms with Gasteiger partial charge < -0.3 is 20.6 Å². The third-order valence-corrected chi connectivity index (χ3v) is 8.83. The Hall–Kier alpha value is -1.69.